The highest BCUT2D eigenvalue weighted by Gasteiger charge is 2.03. The zero-order valence-corrected chi connectivity index (χ0v) is 7.05. The lowest BCUT2D eigenvalue weighted by Crippen LogP contribution is -2.26. The molecule has 3 nitrogen and oxygen atoms in total. The lowest BCUT2D eigenvalue weighted by molar-refractivity contribution is -0.121. The third kappa shape index (κ3) is 6.85. The van der Waals surface area contributed by atoms with Gasteiger partial charge in [0.25, 0.3) is 0 Å². The van der Waals surface area contributed by atoms with E-state index >= 15 is 0 Å². The molecule has 0 atom stereocenters. The topological polar surface area (TPSA) is 33.5 Å². The molecule has 0 radical (unpaired) electrons. The van der Waals surface area contributed by atoms with Crippen LogP contribution in [-0.2, 0) is 4.79 Å². The fourth-order valence-corrected chi connectivity index (χ4v) is 0.694. The van der Waals surface area contributed by atoms with Gasteiger partial charge in [0.15, 0.2) is 0 Å². The van der Waals surface area contributed by atoms with Crippen molar-refractivity contribution >= 4 is 5.91 Å². The van der Waals surface area contributed by atoms with E-state index in [1.165, 1.54) is 0 Å². The van der Waals surface area contributed by atoms with Gasteiger partial charge in [0.1, 0.15) is 0 Å². The minimum Gasteiger partial charge on any atom is -0.349 e. The molecule has 0 bridgehead atoms. The van der Waals surface area contributed by atoms with Crippen molar-refractivity contribution in [1.29, 1.82) is 0 Å². The molecular formula is C8H14N2O. The second-order valence-corrected chi connectivity index (χ2v) is 2.83. The molecule has 0 unspecified atom stereocenters. The summed E-state index contributed by atoms with van der Waals surface area (Å²) in [6, 6.07) is 0. The van der Waals surface area contributed by atoms with Gasteiger partial charge in [-0.1, -0.05) is 13.8 Å². The molecular weight excluding hydrogens is 140 g/mol. The minimum absolute atomic E-state index is 0.0450. The van der Waals surface area contributed by atoms with Crippen molar-refractivity contribution in [3.8, 4) is 0 Å². The Hall–Kier alpha value is -1.04. The van der Waals surface area contributed by atoms with Crippen molar-refractivity contribution in [3.05, 3.63) is 11.4 Å². The van der Waals surface area contributed by atoms with Crippen molar-refractivity contribution in [3.63, 3.8) is 0 Å². The maximum atomic E-state index is 10.9. The van der Waals surface area contributed by atoms with Crippen LogP contribution in [0.3, 0.4) is 0 Å². The molecule has 1 amide bonds. The quantitative estimate of drug-likeness (QED) is 0.477. The van der Waals surface area contributed by atoms with Gasteiger partial charge in [0, 0.05) is 6.42 Å². The molecule has 0 aliphatic heterocycles. The summed E-state index contributed by atoms with van der Waals surface area (Å²) in [7, 11) is 0. The van der Waals surface area contributed by atoms with E-state index in [9.17, 15) is 4.79 Å². The van der Waals surface area contributed by atoms with Crippen molar-refractivity contribution in [2.75, 3.05) is 13.1 Å². The fourth-order valence-electron chi connectivity index (χ4n) is 0.694. The van der Waals surface area contributed by atoms with E-state index in [4.69, 9.17) is 6.57 Å². The van der Waals surface area contributed by atoms with Gasteiger partial charge in [-0.25, -0.2) is 6.57 Å². The summed E-state index contributed by atoms with van der Waals surface area (Å²) in [5.74, 6) is 0.437. The van der Waals surface area contributed by atoms with E-state index in [2.05, 4.69) is 10.2 Å². The van der Waals surface area contributed by atoms with Crippen LogP contribution in [0.1, 0.15) is 20.3 Å². The number of carbonyl (C=O) groups excluding carboxylic acids is 1. The molecule has 3 heteroatoms. The number of hydrogen-bond donors (Lipinski definition) is 1. The van der Waals surface area contributed by atoms with E-state index in [1.807, 2.05) is 13.8 Å². The summed E-state index contributed by atoms with van der Waals surface area (Å²) in [4.78, 5) is 14.0. The Bertz CT molecular complexity index is 158. The monoisotopic (exact) mass is 154 g/mol. The van der Waals surface area contributed by atoms with E-state index in [0.717, 1.165) is 0 Å². The van der Waals surface area contributed by atoms with Crippen LogP contribution in [-0.4, -0.2) is 19.0 Å². The van der Waals surface area contributed by atoms with Gasteiger partial charge < -0.3 is 10.2 Å². The molecule has 0 saturated carbocycles. The smallest absolute Gasteiger partial charge is 0.231 e. The average molecular weight is 154 g/mol. The van der Waals surface area contributed by atoms with Gasteiger partial charge in [-0.05, 0) is 5.92 Å². The lowest BCUT2D eigenvalue weighted by atomic mass is 10.1. The second kappa shape index (κ2) is 5.72. The molecule has 0 aliphatic rings. The van der Waals surface area contributed by atoms with Crippen LogP contribution in [0.25, 0.3) is 4.85 Å². The Morgan fingerprint density at radius 3 is 2.73 bits per heavy atom. The normalized spacial score (nSPS) is 9.27. The molecule has 0 aromatic rings. The standard InChI is InChI=1S/C8H14N2O/c1-7(2)6-8(11)10-5-4-9-3/h7H,4-6H2,1-2H3,(H,10,11). The van der Waals surface area contributed by atoms with Gasteiger partial charge in [-0.3, -0.25) is 4.79 Å². The first-order valence-electron chi connectivity index (χ1n) is 3.76. The molecule has 0 heterocycles. The molecule has 0 aliphatic carbocycles. The van der Waals surface area contributed by atoms with Gasteiger partial charge in [0.2, 0.25) is 12.5 Å². The van der Waals surface area contributed by atoms with Gasteiger partial charge >= 0.3 is 0 Å². The van der Waals surface area contributed by atoms with Crippen molar-refractivity contribution in [2.24, 2.45) is 5.92 Å². The highest BCUT2D eigenvalue weighted by molar-refractivity contribution is 5.76. The second-order valence-electron chi connectivity index (χ2n) is 2.83. The molecule has 0 spiro atoms. The summed E-state index contributed by atoms with van der Waals surface area (Å²) in [5.41, 5.74) is 0. The highest BCUT2D eigenvalue weighted by Crippen LogP contribution is 1.97. The van der Waals surface area contributed by atoms with Gasteiger partial charge in [-0.15, -0.1) is 0 Å². The fraction of sp³-hybridized carbons (Fsp3) is 0.750. The number of nitrogens with zero attached hydrogens (tertiary/aromatic N) is 1. The number of rotatable bonds is 4. The van der Waals surface area contributed by atoms with Crippen LogP contribution in [0.5, 0.6) is 0 Å². The Balaban J connectivity index is 3.32. The maximum Gasteiger partial charge on any atom is 0.231 e. The summed E-state index contributed by atoms with van der Waals surface area (Å²) in [6.07, 6.45) is 0.554. The lowest BCUT2D eigenvalue weighted by Gasteiger charge is -2.03. The number of carbonyl (C=O) groups is 1. The van der Waals surface area contributed by atoms with Crippen LogP contribution in [0.2, 0.25) is 0 Å². The molecule has 11 heavy (non-hydrogen) atoms. The number of nitrogens with one attached hydrogen (secondary N) is 1. The molecule has 0 aromatic carbocycles. The van der Waals surface area contributed by atoms with Crippen molar-refractivity contribution < 1.29 is 4.79 Å². The first kappa shape index (κ1) is 9.96. The zero-order chi connectivity index (χ0) is 8.69. The summed E-state index contributed by atoms with van der Waals surface area (Å²) in [6.45, 7) is 11.3. The Morgan fingerprint density at radius 2 is 2.27 bits per heavy atom. The zero-order valence-electron chi connectivity index (χ0n) is 7.05. The maximum absolute atomic E-state index is 10.9. The molecule has 0 saturated heterocycles. The molecule has 1 N–H and O–H groups in total. The summed E-state index contributed by atoms with van der Waals surface area (Å²) >= 11 is 0. The van der Waals surface area contributed by atoms with Crippen LogP contribution in [0.15, 0.2) is 0 Å². The molecule has 62 valence electrons. The molecule has 0 rings (SSSR count). The van der Waals surface area contributed by atoms with Crippen molar-refractivity contribution in [2.45, 2.75) is 20.3 Å². The van der Waals surface area contributed by atoms with Gasteiger partial charge in [0.05, 0.1) is 6.54 Å². The Morgan fingerprint density at radius 1 is 1.64 bits per heavy atom. The van der Waals surface area contributed by atoms with Crippen LogP contribution in [0.4, 0.5) is 0 Å². The first-order chi connectivity index (χ1) is 5.16. The first-order valence-corrected chi connectivity index (χ1v) is 3.76. The molecule has 0 aromatic heterocycles. The van der Waals surface area contributed by atoms with Crippen LogP contribution >= 0.6 is 0 Å². The average Bonchev–Trinajstić information content (AvgIpc) is 1.86. The van der Waals surface area contributed by atoms with Crippen LogP contribution in [0, 0.1) is 12.5 Å². The number of hydrogen-bond acceptors (Lipinski definition) is 1. The van der Waals surface area contributed by atoms with E-state index in [1.54, 1.807) is 0 Å². The van der Waals surface area contributed by atoms with E-state index in [0.29, 0.717) is 25.4 Å². The Labute approximate surface area is 67.6 Å². The number of amides is 1. The van der Waals surface area contributed by atoms with Gasteiger partial charge in [-0.2, -0.15) is 0 Å². The Kier molecular flexibility index (Phi) is 5.18. The van der Waals surface area contributed by atoms with Crippen LogP contribution < -0.4 is 5.32 Å². The summed E-state index contributed by atoms with van der Waals surface area (Å²) < 4.78 is 0. The third-order valence-corrected chi connectivity index (χ3v) is 1.14. The van der Waals surface area contributed by atoms with Crippen molar-refractivity contribution in [1.82, 2.24) is 5.32 Å². The predicted octanol–water partition coefficient (Wildman–Crippen LogP) is 1.07. The highest BCUT2D eigenvalue weighted by atomic mass is 16.1. The van der Waals surface area contributed by atoms with E-state index < -0.39 is 0 Å². The molecule has 0 fully saturated rings. The third-order valence-electron chi connectivity index (χ3n) is 1.14. The SMILES string of the molecule is [C-]#[N+]CCNC(=O)CC(C)C. The largest absolute Gasteiger partial charge is 0.349 e. The predicted molar refractivity (Wildman–Crippen MR) is 43.9 cm³/mol. The van der Waals surface area contributed by atoms with E-state index in [-0.39, 0.29) is 5.91 Å². The minimum atomic E-state index is 0.0450. The summed E-state index contributed by atoms with van der Waals surface area (Å²) in [5, 5.41) is 2.66.